The molecule has 0 aromatic heterocycles. The number of rotatable bonds is 8. The van der Waals surface area contributed by atoms with Gasteiger partial charge in [-0.1, -0.05) is 61.5 Å². The second-order valence-corrected chi connectivity index (χ2v) is 6.64. The molecule has 0 spiro atoms. The summed E-state index contributed by atoms with van der Waals surface area (Å²) < 4.78 is 50.4. The van der Waals surface area contributed by atoms with Crippen LogP contribution in [0.4, 0.5) is 0 Å². The van der Waals surface area contributed by atoms with Crippen LogP contribution in [0.25, 0.3) is 11.1 Å². The Morgan fingerprint density at radius 1 is 0.862 bits per heavy atom. The molecule has 0 saturated heterocycles. The lowest BCUT2D eigenvalue weighted by Crippen LogP contribution is -2.19. The molecule has 0 atom stereocenters. The van der Waals surface area contributed by atoms with Gasteiger partial charge in [0.25, 0.3) is 0 Å². The lowest BCUT2D eigenvalue weighted by Gasteiger charge is -2.17. The molecule has 1 N–H and O–H groups in total. The maximum atomic E-state index is 9.71. The van der Waals surface area contributed by atoms with Crippen LogP contribution >= 0.6 is 0 Å². The van der Waals surface area contributed by atoms with E-state index >= 15 is 0 Å². The van der Waals surface area contributed by atoms with E-state index in [-0.39, 0.29) is 18.9 Å². The Labute approximate surface area is 182 Å². The zero-order valence-electron chi connectivity index (χ0n) is 22.4. The van der Waals surface area contributed by atoms with Gasteiger partial charge in [-0.2, -0.15) is 0 Å². The fraction of sp³-hybridized carbons (Fsp3) is 0.231. The zero-order valence-corrected chi connectivity index (χ0v) is 16.4. The predicted molar refractivity (Wildman–Crippen MR) is 121 cm³/mol. The van der Waals surface area contributed by atoms with Crippen LogP contribution < -0.4 is 4.74 Å². The molecule has 0 amide bonds. The lowest BCUT2D eigenvalue weighted by atomic mass is 9.88. The normalized spacial score (nSPS) is 15.9. The Morgan fingerprint density at radius 2 is 1.48 bits per heavy atom. The van der Waals surface area contributed by atoms with Gasteiger partial charge in [0.2, 0.25) is 0 Å². The molecule has 0 aliphatic rings. The van der Waals surface area contributed by atoms with Gasteiger partial charge in [0.1, 0.15) is 18.1 Å². The molecule has 3 aromatic carbocycles. The van der Waals surface area contributed by atoms with Crippen molar-refractivity contribution in [1.82, 2.24) is 4.90 Å². The van der Waals surface area contributed by atoms with Gasteiger partial charge < -0.3 is 14.7 Å². The van der Waals surface area contributed by atoms with E-state index in [1.165, 1.54) is 0 Å². The molecule has 3 nitrogen and oxygen atoms in total. The van der Waals surface area contributed by atoms with Crippen molar-refractivity contribution >= 4 is 11.1 Å². The summed E-state index contributed by atoms with van der Waals surface area (Å²) in [6, 6.07) is 24.6. The number of nitrogens with zero attached hydrogens (tertiary/aromatic N) is 1. The molecule has 0 aliphatic carbocycles. The summed E-state index contributed by atoms with van der Waals surface area (Å²) in [5.41, 5.74) is 5.22. The summed E-state index contributed by atoms with van der Waals surface area (Å²) in [7, 11) is 0. The third-order valence-electron chi connectivity index (χ3n) is 4.66. The maximum absolute atomic E-state index is 9.71. The summed E-state index contributed by atoms with van der Waals surface area (Å²) in [5.74, 6) is 0.724. The summed E-state index contributed by atoms with van der Waals surface area (Å²) in [6.07, 6.45) is 0.771. The molecular formula is C26H29NO2. The summed E-state index contributed by atoms with van der Waals surface area (Å²) in [5, 5.41) is 9.71. The highest BCUT2D eigenvalue weighted by Gasteiger charge is 2.13. The highest BCUT2D eigenvalue weighted by atomic mass is 16.5. The molecule has 0 heterocycles. The van der Waals surface area contributed by atoms with E-state index in [1.807, 2.05) is 54.6 Å². The van der Waals surface area contributed by atoms with E-state index in [1.54, 1.807) is 24.3 Å². The fourth-order valence-electron chi connectivity index (χ4n) is 3.28. The van der Waals surface area contributed by atoms with Gasteiger partial charge in [0.05, 0.1) is 0 Å². The first-order valence-electron chi connectivity index (χ1n) is 12.6. The molecule has 0 saturated carbocycles. The molecule has 3 heteroatoms. The number of aromatic hydroxyl groups is 1. The number of likely N-dealkylation sites (N-methyl/N-ethyl adjacent to an activating group) is 1. The molecule has 0 bridgehead atoms. The Bertz CT molecular complexity index is 1110. The first-order chi connectivity index (χ1) is 16.5. The molecule has 3 aromatic rings. The first-order valence-corrected chi connectivity index (χ1v) is 9.59. The molecule has 0 aliphatic heterocycles. The summed E-state index contributed by atoms with van der Waals surface area (Å²) >= 11 is 0. The quantitative estimate of drug-likeness (QED) is 0.498. The van der Waals surface area contributed by atoms with Crippen molar-refractivity contribution in [3.05, 3.63) is 95.6 Å². The number of hydrogen-bond donors (Lipinski definition) is 1. The van der Waals surface area contributed by atoms with Crippen molar-refractivity contribution in [3.63, 3.8) is 0 Å². The summed E-state index contributed by atoms with van der Waals surface area (Å²) in [4.78, 5) is 0.482. The van der Waals surface area contributed by atoms with Crippen LogP contribution in [-0.4, -0.2) is 37.1 Å². The SMILES string of the molecule is [2H]C([2H])([2H])N(CCOc1ccc(/C(=C(/CC)c2ccc(O)cc2)c2ccccc2)cc1)C([2H])([2H])[2H]. The predicted octanol–water partition coefficient (Wildman–Crippen LogP) is 5.70. The first kappa shape index (κ1) is 14.0. The highest BCUT2D eigenvalue weighted by molar-refractivity contribution is 5.98. The van der Waals surface area contributed by atoms with E-state index in [0.717, 1.165) is 34.3 Å². The average molecular weight is 394 g/mol. The van der Waals surface area contributed by atoms with Crippen molar-refractivity contribution in [3.8, 4) is 11.5 Å². The van der Waals surface area contributed by atoms with Crippen molar-refractivity contribution < 1.29 is 18.1 Å². The molecule has 0 unspecified atom stereocenters. The van der Waals surface area contributed by atoms with Gasteiger partial charge in [0.15, 0.2) is 0 Å². The van der Waals surface area contributed by atoms with E-state index in [2.05, 4.69) is 6.92 Å². The molecule has 0 fully saturated rings. The second-order valence-electron chi connectivity index (χ2n) is 6.64. The third-order valence-corrected chi connectivity index (χ3v) is 4.66. The minimum absolute atomic E-state index is 0.0781. The van der Waals surface area contributed by atoms with Crippen LogP contribution in [0, 0.1) is 0 Å². The molecule has 150 valence electrons. The van der Waals surface area contributed by atoms with Gasteiger partial charge in [-0.3, -0.25) is 0 Å². The van der Waals surface area contributed by atoms with Crippen molar-refractivity contribution in [2.24, 2.45) is 0 Å². The van der Waals surface area contributed by atoms with E-state index in [0.29, 0.717) is 10.6 Å². The van der Waals surface area contributed by atoms with Crippen LogP contribution in [0.3, 0.4) is 0 Å². The van der Waals surface area contributed by atoms with Gasteiger partial charge in [0, 0.05) is 14.8 Å². The minimum Gasteiger partial charge on any atom is -0.508 e. The lowest BCUT2D eigenvalue weighted by molar-refractivity contribution is 0.261. The van der Waals surface area contributed by atoms with Crippen LogP contribution in [-0.2, 0) is 0 Å². The van der Waals surface area contributed by atoms with Crippen LogP contribution in [0.5, 0.6) is 11.5 Å². The highest BCUT2D eigenvalue weighted by Crippen LogP contribution is 2.35. The van der Waals surface area contributed by atoms with Crippen molar-refractivity contribution in [1.29, 1.82) is 0 Å². The average Bonchev–Trinajstić information content (AvgIpc) is 2.80. The number of phenolic OH excluding ortho intramolecular Hbond substituents is 1. The van der Waals surface area contributed by atoms with Gasteiger partial charge in [-0.15, -0.1) is 0 Å². The van der Waals surface area contributed by atoms with E-state index in [9.17, 15) is 5.11 Å². The third kappa shape index (κ3) is 5.49. The minimum atomic E-state index is -2.74. The second kappa shape index (κ2) is 9.94. The molecule has 29 heavy (non-hydrogen) atoms. The van der Waals surface area contributed by atoms with E-state index in [4.69, 9.17) is 13.0 Å². The number of benzene rings is 3. The molecule has 3 rings (SSSR count). The van der Waals surface area contributed by atoms with Gasteiger partial charge in [-0.05, 0) is 72.5 Å². The number of ether oxygens (including phenoxy) is 1. The smallest absolute Gasteiger partial charge is 0.119 e. The van der Waals surface area contributed by atoms with Crippen molar-refractivity contribution in [2.75, 3.05) is 27.1 Å². The zero-order chi connectivity index (χ0) is 25.6. The number of allylic oxidation sites excluding steroid dienone is 1. The van der Waals surface area contributed by atoms with Crippen molar-refractivity contribution in [2.45, 2.75) is 13.3 Å². The number of phenols is 1. The standard InChI is InChI=1S/C26H29NO2/c1-4-25(20-10-14-23(28)15-11-20)26(21-8-6-5-7-9-21)22-12-16-24(17-13-22)29-19-18-27(2)3/h5-17,28H,4,18-19H2,1-3H3/b26-25-/i2D3,3D3. The van der Waals surface area contributed by atoms with Gasteiger partial charge >= 0.3 is 0 Å². The van der Waals surface area contributed by atoms with Crippen LogP contribution in [0.2, 0.25) is 0 Å². The van der Waals surface area contributed by atoms with E-state index < -0.39 is 14.0 Å². The molecule has 0 radical (unpaired) electrons. The van der Waals surface area contributed by atoms with Gasteiger partial charge in [-0.25, -0.2) is 0 Å². The number of hydrogen-bond acceptors (Lipinski definition) is 3. The maximum Gasteiger partial charge on any atom is 0.119 e. The summed E-state index contributed by atoms with van der Waals surface area (Å²) in [6.45, 7) is -3.72. The monoisotopic (exact) mass is 393 g/mol. The Morgan fingerprint density at radius 3 is 2.10 bits per heavy atom. The topological polar surface area (TPSA) is 32.7 Å². The van der Waals surface area contributed by atoms with Crippen LogP contribution in [0.1, 0.15) is 38.3 Å². The van der Waals surface area contributed by atoms with Crippen LogP contribution in [0.15, 0.2) is 78.9 Å². The largest absolute Gasteiger partial charge is 0.508 e. The fourth-order valence-corrected chi connectivity index (χ4v) is 3.28. The molecular weight excluding hydrogens is 358 g/mol. The Hall–Kier alpha value is -3.04. The Balaban J connectivity index is 1.88. The Kier molecular flexibility index (Phi) is 4.81.